The molecule has 0 aliphatic heterocycles. The lowest BCUT2D eigenvalue weighted by molar-refractivity contribution is 1.32. The molecule has 0 N–H and O–H groups in total. The minimum absolute atomic E-state index is 1.22. The molecular weight excluding hydrogens is 359 g/mol. The highest BCUT2D eigenvalue weighted by atomic mass is 127. The van der Waals surface area contributed by atoms with Crippen LogP contribution in [0.15, 0.2) is 58.3 Å². The van der Waals surface area contributed by atoms with Crippen molar-refractivity contribution in [2.75, 3.05) is 0 Å². The summed E-state index contributed by atoms with van der Waals surface area (Å²) in [7, 11) is 0. The van der Waals surface area contributed by atoms with E-state index in [0.29, 0.717) is 0 Å². The van der Waals surface area contributed by atoms with Gasteiger partial charge in [-0.2, -0.15) is 0 Å². The SMILES string of the molecule is Cc1cccc(S(S)(I)c2cccc(C)c2)c1. The molecule has 0 heterocycles. The van der Waals surface area contributed by atoms with Crippen molar-refractivity contribution in [3.8, 4) is 0 Å². The summed E-state index contributed by atoms with van der Waals surface area (Å²) in [6, 6.07) is 17.3. The monoisotopic (exact) mass is 374 g/mol. The Bertz CT molecular complexity index is 488. The fraction of sp³-hybridized carbons (Fsp3) is 0.143. The molecule has 0 amide bonds. The van der Waals surface area contributed by atoms with Crippen LogP contribution in [-0.2, 0) is 0 Å². The van der Waals surface area contributed by atoms with Gasteiger partial charge in [-0.05, 0) is 59.3 Å². The number of aryl methyl sites for hydroxylation is 2. The highest BCUT2D eigenvalue weighted by molar-refractivity contribution is 14.2. The van der Waals surface area contributed by atoms with Crippen LogP contribution in [0.25, 0.3) is 0 Å². The first-order valence-electron chi connectivity index (χ1n) is 5.39. The van der Waals surface area contributed by atoms with Crippen LogP contribution in [0.3, 0.4) is 0 Å². The quantitative estimate of drug-likeness (QED) is 0.388. The summed E-state index contributed by atoms with van der Waals surface area (Å²) in [6.45, 7) is 4.25. The molecule has 17 heavy (non-hydrogen) atoms. The fourth-order valence-electron chi connectivity index (χ4n) is 1.70. The zero-order valence-corrected chi connectivity index (χ0v) is 13.7. The van der Waals surface area contributed by atoms with Gasteiger partial charge < -0.3 is 0 Å². The van der Waals surface area contributed by atoms with E-state index in [9.17, 15) is 0 Å². The van der Waals surface area contributed by atoms with E-state index in [1.165, 1.54) is 20.9 Å². The van der Waals surface area contributed by atoms with E-state index in [4.69, 9.17) is 11.7 Å². The van der Waals surface area contributed by atoms with Crippen LogP contribution in [0, 0.1) is 13.8 Å². The third-order valence-corrected chi connectivity index (χ3v) is 8.68. The molecule has 2 aromatic carbocycles. The Balaban J connectivity index is 2.49. The highest BCUT2D eigenvalue weighted by Gasteiger charge is 2.21. The van der Waals surface area contributed by atoms with Crippen LogP contribution in [0.4, 0.5) is 0 Å². The van der Waals surface area contributed by atoms with E-state index in [1.807, 2.05) is 0 Å². The van der Waals surface area contributed by atoms with Gasteiger partial charge >= 0.3 is 0 Å². The molecule has 0 fully saturated rings. The average molecular weight is 374 g/mol. The van der Waals surface area contributed by atoms with Crippen LogP contribution < -0.4 is 0 Å². The molecule has 0 saturated heterocycles. The van der Waals surface area contributed by atoms with Gasteiger partial charge in [0, 0.05) is 9.79 Å². The smallest absolute Gasteiger partial charge is 0.0122 e. The third-order valence-electron chi connectivity index (χ3n) is 2.60. The Morgan fingerprint density at radius 2 is 1.29 bits per heavy atom. The fourth-order valence-corrected chi connectivity index (χ4v) is 5.50. The molecule has 0 atom stereocenters. The summed E-state index contributed by atoms with van der Waals surface area (Å²) in [5.41, 5.74) is 2.58. The Hall–Kier alpha value is -0.130. The maximum Gasteiger partial charge on any atom is 0.0122 e. The van der Waals surface area contributed by atoms with Gasteiger partial charge in [-0.15, -0.1) is 11.7 Å². The van der Waals surface area contributed by atoms with E-state index in [0.717, 1.165) is 0 Å². The predicted molar refractivity (Wildman–Crippen MR) is 89.5 cm³/mol. The summed E-state index contributed by atoms with van der Waals surface area (Å²) in [6.07, 6.45) is -1.22. The van der Waals surface area contributed by atoms with E-state index < -0.39 is 6.23 Å². The molecule has 0 radical (unpaired) electrons. The van der Waals surface area contributed by atoms with Gasteiger partial charge in [0.05, 0.1) is 0 Å². The van der Waals surface area contributed by atoms with Gasteiger partial charge in [0.2, 0.25) is 0 Å². The number of hydrogen-bond acceptors (Lipinski definition) is 1. The lowest BCUT2D eigenvalue weighted by Crippen LogP contribution is -1.88. The lowest BCUT2D eigenvalue weighted by Gasteiger charge is -2.28. The molecule has 3 heteroatoms. The molecule has 0 aliphatic rings. The van der Waals surface area contributed by atoms with Crippen LogP contribution in [0.2, 0.25) is 0 Å². The van der Waals surface area contributed by atoms with Gasteiger partial charge in [-0.3, -0.25) is 0 Å². The van der Waals surface area contributed by atoms with Crippen LogP contribution in [0.5, 0.6) is 0 Å². The Morgan fingerprint density at radius 3 is 1.65 bits per heavy atom. The molecule has 0 spiro atoms. The number of halogens is 1. The van der Waals surface area contributed by atoms with Crippen LogP contribution >= 0.6 is 39.1 Å². The molecule has 90 valence electrons. The number of thiol groups is 1. The number of rotatable bonds is 2. The molecule has 0 aromatic heterocycles. The van der Waals surface area contributed by atoms with E-state index in [-0.39, 0.29) is 0 Å². The second kappa shape index (κ2) is 5.24. The molecule has 0 aliphatic carbocycles. The van der Waals surface area contributed by atoms with Gasteiger partial charge in [0.25, 0.3) is 0 Å². The normalized spacial score (nSPS) is 12.5. The summed E-state index contributed by atoms with van der Waals surface area (Å²) < 4.78 is 0. The van der Waals surface area contributed by atoms with Crippen molar-refractivity contribution in [3.05, 3.63) is 59.7 Å². The Labute approximate surface area is 122 Å². The topological polar surface area (TPSA) is 0 Å². The second-order valence-corrected chi connectivity index (χ2v) is 13.8. The van der Waals surface area contributed by atoms with Crippen molar-refractivity contribution in [1.82, 2.24) is 0 Å². The van der Waals surface area contributed by atoms with Crippen molar-refractivity contribution < 1.29 is 0 Å². The zero-order chi connectivity index (χ0) is 12.5. The van der Waals surface area contributed by atoms with Crippen molar-refractivity contribution in [1.29, 1.82) is 0 Å². The molecule has 2 rings (SSSR count). The molecule has 2 aromatic rings. The molecule has 0 nitrogen and oxygen atoms in total. The molecule has 0 bridgehead atoms. The molecular formula is C14H15IS2. The maximum atomic E-state index is 4.93. The minimum Gasteiger partial charge on any atom is -0.113 e. The van der Waals surface area contributed by atoms with Crippen molar-refractivity contribution in [3.63, 3.8) is 0 Å². The zero-order valence-electron chi connectivity index (χ0n) is 9.85. The number of benzene rings is 2. The van der Waals surface area contributed by atoms with Gasteiger partial charge in [-0.1, -0.05) is 41.6 Å². The maximum absolute atomic E-state index is 4.93. The standard InChI is InChI=1S/C14H15IS2/c1-11-5-3-7-13(9-11)17(15,16)14-8-4-6-12(2)10-14/h3-10,16H,1-2H3. The van der Waals surface area contributed by atoms with Crippen molar-refractivity contribution in [2.45, 2.75) is 23.6 Å². The summed E-state index contributed by atoms with van der Waals surface area (Å²) >= 11 is 7.42. The number of hydrogen-bond donors (Lipinski definition) is 1. The first-order chi connectivity index (χ1) is 8.00. The van der Waals surface area contributed by atoms with E-state index in [1.54, 1.807) is 0 Å². The van der Waals surface area contributed by atoms with Crippen molar-refractivity contribution >= 4 is 39.1 Å². The average Bonchev–Trinajstić information content (AvgIpc) is 2.29. The predicted octanol–water partition coefficient (Wildman–Crippen LogP) is 5.72. The highest BCUT2D eigenvalue weighted by Crippen LogP contribution is 2.72. The Kier molecular flexibility index (Phi) is 4.10. The van der Waals surface area contributed by atoms with Crippen LogP contribution in [-0.4, -0.2) is 0 Å². The van der Waals surface area contributed by atoms with E-state index >= 15 is 0 Å². The largest absolute Gasteiger partial charge is 0.113 e. The summed E-state index contributed by atoms with van der Waals surface area (Å²) in [5, 5.41) is 0. The van der Waals surface area contributed by atoms with Gasteiger partial charge in [0.15, 0.2) is 0 Å². The molecule has 0 unspecified atom stereocenters. The van der Waals surface area contributed by atoms with Gasteiger partial charge in [-0.25, -0.2) is 0 Å². The van der Waals surface area contributed by atoms with Crippen LogP contribution in [0.1, 0.15) is 11.1 Å². The lowest BCUT2D eigenvalue weighted by atomic mass is 10.2. The molecule has 0 saturated carbocycles. The second-order valence-electron chi connectivity index (χ2n) is 4.14. The van der Waals surface area contributed by atoms with Gasteiger partial charge in [0.1, 0.15) is 0 Å². The first-order valence-corrected chi connectivity index (χ1v) is 10.6. The summed E-state index contributed by atoms with van der Waals surface area (Å²) in [5.74, 6) is 0. The van der Waals surface area contributed by atoms with E-state index in [2.05, 4.69) is 83.6 Å². The summed E-state index contributed by atoms with van der Waals surface area (Å²) in [4.78, 5) is 2.62. The minimum atomic E-state index is -1.22. The first kappa shape index (κ1) is 13.3. The third kappa shape index (κ3) is 3.01. The Morgan fingerprint density at radius 1 is 0.882 bits per heavy atom. The van der Waals surface area contributed by atoms with Crippen molar-refractivity contribution in [2.24, 2.45) is 0 Å².